The highest BCUT2D eigenvalue weighted by Crippen LogP contribution is 2.56. The minimum Gasteiger partial charge on any atom is -0.457 e. The monoisotopic (exact) mass is 679 g/mol. The molecule has 1 aliphatic carbocycles. The van der Waals surface area contributed by atoms with Crippen molar-refractivity contribution in [3.8, 4) is 28.3 Å². The Morgan fingerprint density at radius 1 is 0.547 bits per heavy atom. The second kappa shape index (κ2) is 11.3. The molecule has 0 fully saturated rings. The quantitative estimate of drug-likeness (QED) is 0.182. The molecule has 9 aromatic rings. The fourth-order valence-electron chi connectivity index (χ4n) is 8.98. The Balaban J connectivity index is 1.15. The first-order valence-electron chi connectivity index (χ1n) is 18.2. The van der Waals surface area contributed by atoms with E-state index in [-0.39, 0.29) is 0 Å². The van der Waals surface area contributed by atoms with Gasteiger partial charge in [0.25, 0.3) is 0 Å². The van der Waals surface area contributed by atoms with Crippen LogP contribution in [0, 0.1) is 0 Å². The topological polar surface area (TPSA) is 27.3 Å². The summed E-state index contributed by atoms with van der Waals surface area (Å²) in [5.74, 6) is 1.72. The first-order chi connectivity index (χ1) is 26.2. The number of fused-ring (bicyclic) bond motifs is 12. The molecule has 0 saturated carbocycles. The summed E-state index contributed by atoms with van der Waals surface area (Å²) in [6.07, 6.45) is 5.51. The maximum atomic E-state index is 6.60. The van der Waals surface area contributed by atoms with Gasteiger partial charge in [-0.15, -0.1) is 0 Å². The highest BCUT2D eigenvalue weighted by Gasteiger charge is 2.46. The molecule has 0 amide bonds. The molecule has 0 N–H and O–H groups in total. The van der Waals surface area contributed by atoms with Crippen LogP contribution in [0.15, 0.2) is 180 Å². The van der Waals surface area contributed by atoms with Crippen LogP contribution >= 0.6 is 0 Å². The van der Waals surface area contributed by atoms with Crippen LogP contribution in [0.1, 0.15) is 22.3 Å². The average molecular weight is 680 g/mol. The number of allylic oxidation sites excluding steroid dienone is 1. The number of aromatic nitrogens is 1. The molecule has 7 aromatic carbocycles. The number of rotatable bonds is 2. The highest BCUT2D eigenvalue weighted by atomic mass is 16.5. The molecule has 3 heteroatoms. The van der Waals surface area contributed by atoms with Crippen LogP contribution in [0.4, 0.5) is 0 Å². The molecule has 0 unspecified atom stereocenters. The van der Waals surface area contributed by atoms with Crippen LogP contribution < -0.4 is 15.3 Å². The Labute approximate surface area is 306 Å². The van der Waals surface area contributed by atoms with Gasteiger partial charge in [-0.2, -0.15) is 0 Å². The minimum absolute atomic E-state index is 0.668. The van der Waals surface area contributed by atoms with E-state index in [2.05, 4.69) is 168 Å². The van der Waals surface area contributed by atoms with E-state index >= 15 is 0 Å². The number of nitrogens with zero attached hydrogens (tertiary/aromatic N) is 1. The number of furan rings is 1. The van der Waals surface area contributed by atoms with Crippen molar-refractivity contribution in [1.29, 1.82) is 0 Å². The summed E-state index contributed by atoms with van der Waals surface area (Å²) in [5.41, 5.74) is 11.4. The molecule has 3 nitrogen and oxygen atoms in total. The molecular weight excluding hydrogens is 647 g/mol. The smallest absolute Gasteiger partial charge is 0.135 e. The third-order valence-corrected chi connectivity index (χ3v) is 11.3. The zero-order valence-corrected chi connectivity index (χ0v) is 28.9. The second-order valence-electron chi connectivity index (χ2n) is 14.1. The van der Waals surface area contributed by atoms with Crippen LogP contribution in [0.5, 0.6) is 11.5 Å². The zero-order chi connectivity index (χ0) is 35.1. The SMILES string of the molecule is C=C1/C=c2\c(c3ccccc3n2-c2ccc(-c3ccc4oc5ccccc5c4c3)cc2)=C/Cc2ccccc2C12c1ccccc1Oc1ccccc12. The predicted molar refractivity (Wildman–Crippen MR) is 216 cm³/mol. The fraction of sp³-hybridized carbons (Fsp3) is 0.0400. The van der Waals surface area contributed by atoms with E-state index in [1.807, 2.05) is 12.1 Å². The summed E-state index contributed by atoms with van der Waals surface area (Å²) in [6.45, 7) is 4.98. The standard InChI is InChI=1S/C50H33NO2/c1-32-30-45-38(28-24-34-12-2-5-15-41(34)50(32)42-16-6-10-20-48(42)53-49-21-11-7-17-43(49)50)37-13-3-8-18-44(37)51(45)36-26-22-33(23-27-36)35-25-29-47-40(31-35)39-14-4-9-19-46(39)52-47/h2-23,25-31H,1,24H2/b38-28-,45-30+. The van der Waals surface area contributed by atoms with Gasteiger partial charge in [0.05, 0.1) is 16.3 Å². The predicted octanol–water partition coefficient (Wildman–Crippen LogP) is 11.0. The highest BCUT2D eigenvalue weighted by molar-refractivity contribution is 6.06. The first kappa shape index (κ1) is 29.8. The van der Waals surface area contributed by atoms with Crippen molar-refractivity contribution in [1.82, 2.24) is 4.57 Å². The van der Waals surface area contributed by atoms with Gasteiger partial charge in [0.1, 0.15) is 22.7 Å². The molecule has 0 bridgehead atoms. The zero-order valence-electron chi connectivity index (χ0n) is 28.9. The van der Waals surface area contributed by atoms with Gasteiger partial charge in [-0.25, -0.2) is 0 Å². The number of para-hydroxylation sites is 4. The van der Waals surface area contributed by atoms with Gasteiger partial charge in [0, 0.05) is 38.2 Å². The Morgan fingerprint density at radius 2 is 1.17 bits per heavy atom. The van der Waals surface area contributed by atoms with E-state index in [9.17, 15) is 0 Å². The summed E-state index contributed by atoms with van der Waals surface area (Å²) in [4.78, 5) is 0. The molecule has 53 heavy (non-hydrogen) atoms. The van der Waals surface area contributed by atoms with Gasteiger partial charge in [-0.05, 0) is 88.9 Å². The molecular formula is C50H33NO2. The summed E-state index contributed by atoms with van der Waals surface area (Å²) in [5, 5.41) is 5.81. The van der Waals surface area contributed by atoms with Crippen molar-refractivity contribution in [3.05, 3.63) is 209 Å². The molecule has 1 spiro atoms. The third-order valence-electron chi connectivity index (χ3n) is 11.3. The molecule has 2 aromatic heterocycles. The Kier molecular flexibility index (Phi) is 6.38. The lowest BCUT2D eigenvalue weighted by atomic mass is 9.62. The molecule has 11 rings (SSSR count). The van der Waals surface area contributed by atoms with Crippen LogP contribution in [0.2, 0.25) is 0 Å². The van der Waals surface area contributed by atoms with Gasteiger partial charge in [0.15, 0.2) is 0 Å². The normalized spacial score (nSPS) is 15.5. The molecule has 250 valence electrons. The van der Waals surface area contributed by atoms with Crippen LogP contribution in [-0.2, 0) is 11.8 Å². The van der Waals surface area contributed by atoms with E-state index in [0.29, 0.717) is 0 Å². The van der Waals surface area contributed by atoms with E-state index in [0.717, 1.165) is 84.2 Å². The van der Waals surface area contributed by atoms with Crippen LogP contribution in [0.3, 0.4) is 0 Å². The van der Waals surface area contributed by atoms with E-state index in [1.165, 1.54) is 21.7 Å². The number of ether oxygens (including phenoxy) is 1. The maximum Gasteiger partial charge on any atom is 0.135 e. The molecule has 0 radical (unpaired) electrons. The fourth-order valence-corrected chi connectivity index (χ4v) is 8.98. The first-order valence-corrected chi connectivity index (χ1v) is 18.2. The van der Waals surface area contributed by atoms with Gasteiger partial charge >= 0.3 is 0 Å². The van der Waals surface area contributed by atoms with Gasteiger partial charge in [0.2, 0.25) is 0 Å². The van der Waals surface area contributed by atoms with Gasteiger partial charge in [-0.1, -0.05) is 128 Å². The van der Waals surface area contributed by atoms with E-state index < -0.39 is 5.41 Å². The average Bonchev–Trinajstić information content (AvgIpc) is 3.74. The molecule has 3 heterocycles. The minimum atomic E-state index is -0.668. The van der Waals surface area contributed by atoms with Gasteiger partial charge in [-0.3, -0.25) is 0 Å². The van der Waals surface area contributed by atoms with E-state index in [4.69, 9.17) is 15.7 Å². The lowest BCUT2D eigenvalue weighted by Gasteiger charge is -2.42. The largest absolute Gasteiger partial charge is 0.457 e. The van der Waals surface area contributed by atoms with Gasteiger partial charge < -0.3 is 13.7 Å². The lowest BCUT2D eigenvalue weighted by molar-refractivity contribution is 0.435. The third kappa shape index (κ3) is 4.28. The Morgan fingerprint density at radius 3 is 1.96 bits per heavy atom. The molecule has 1 aliphatic heterocycles. The van der Waals surface area contributed by atoms with E-state index in [1.54, 1.807) is 0 Å². The van der Waals surface area contributed by atoms with Crippen LogP contribution in [0.25, 0.3) is 61.8 Å². The van der Waals surface area contributed by atoms with Crippen molar-refractivity contribution >= 4 is 45.0 Å². The summed E-state index contributed by atoms with van der Waals surface area (Å²) in [7, 11) is 0. The Hall–Kier alpha value is -6.84. The lowest BCUT2D eigenvalue weighted by Crippen LogP contribution is -2.36. The molecule has 2 aliphatic rings. The van der Waals surface area contributed by atoms with Crippen molar-refractivity contribution < 1.29 is 9.15 Å². The summed E-state index contributed by atoms with van der Waals surface area (Å²) in [6, 6.07) is 58.2. The summed E-state index contributed by atoms with van der Waals surface area (Å²) < 4.78 is 15.1. The van der Waals surface area contributed by atoms with Crippen molar-refractivity contribution in [2.75, 3.05) is 0 Å². The summed E-state index contributed by atoms with van der Waals surface area (Å²) >= 11 is 0. The maximum absolute atomic E-state index is 6.60. The van der Waals surface area contributed by atoms with Crippen LogP contribution in [-0.4, -0.2) is 4.57 Å². The number of hydrogen-bond donors (Lipinski definition) is 0. The number of benzene rings is 7. The Bertz CT molecular complexity index is 3040. The number of hydrogen-bond acceptors (Lipinski definition) is 2. The molecule has 0 atom stereocenters. The van der Waals surface area contributed by atoms with Crippen molar-refractivity contribution in [2.45, 2.75) is 11.8 Å². The molecule has 0 saturated heterocycles. The second-order valence-corrected chi connectivity index (χ2v) is 14.1. The van der Waals surface area contributed by atoms with Crippen molar-refractivity contribution in [3.63, 3.8) is 0 Å². The van der Waals surface area contributed by atoms with Crippen molar-refractivity contribution in [2.24, 2.45) is 0 Å².